The standard InChI is InChI=1S/C34H43N3O4/c1-21(2)18-29(36-33(40)41-34(5,6)7)32(39)37(27-15-16-27)30(28-17-12-22(3)19-23(28)4)31(38)35-26-14-13-24-10-8-9-11-25(24)20-26/h8-14,17,19-21,27,29-30H,15-16,18H2,1-7H3,(H,35,38)(H,36,40). The van der Waals surface area contributed by atoms with Crippen LogP contribution in [0, 0.1) is 19.8 Å². The average Bonchev–Trinajstić information content (AvgIpc) is 3.71. The van der Waals surface area contributed by atoms with Gasteiger partial charge in [0, 0.05) is 11.7 Å². The van der Waals surface area contributed by atoms with Gasteiger partial charge >= 0.3 is 6.09 Å². The van der Waals surface area contributed by atoms with Crippen molar-refractivity contribution in [3.8, 4) is 0 Å². The molecule has 1 aliphatic rings. The second-order valence-electron chi connectivity index (χ2n) is 12.6. The second kappa shape index (κ2) is 12.3. The number of carbonyl (C=O) groups excluding carboxylic acids is 3. The van der Waals surface area contributed by atoms with E-state index < -0.39 is 23.8 Å². The van der Waals surface area contributed by atoms with Crippen molar-refractivity contribution in [3.63, 3.8) is 0 Å². The number of hydrogen-bond donors (Lipinski definition) is 2. The molecule has 0 spiro atoms. The van der Waals surface area contributed by atoms with E-state index >= 15 is 0 Å². The zero-order valence-corrected chi connectivity index (χ0v) is 25.3. The van der Waals surface area contributed by atoms with Gasteiger partial charge in [-0.05, 0) is 93.8 Å². The van der Waals surface area contributed by atoms with Crippen LogP contribution < -0.4 is 10.6 Å². The number of rotatable bonds is 9. The van der Waals surface area contributed by atoms with Gasteiger partial charge in [0.1, 0.15) is 17.7 Å². The largest absolute Gasteiger partial charge is 0.444 e. The highest BCUT2D eigenvalue weighted by Gasteiger charge is 2.44. The summed E-state index contributed by atoms with van der Waals surface area (Å²) in [6.45, 7) is 13.4. The van der Waals surface area contributed by atoms with Crippen molar-refractivity contribution in [2.45, 2.75) is 91.5 Å². The number of fused-ring (bicyclic) bond motifs is 1. The minimum atomic E-state index is -0.864. The van der Waals surface area contributed by atoms with Crippen molar-refractivity contribution in [1.29, 1.82) is 0 Å². The van der Waals surface area contributed by atoms with Crippen molar-refractivity contribution in [1.82, 2.24) is 10.2 Å². The molecule has 4 rings (SSSR count). The van der Waals surface area contributed by atoms with E-state index in [1.165, 1.54) is 0 Å². The average molecular weight is 558 g/mol. The van der Waals surface area contributed by atoms with Crippen LogP contribution in [-0.4, -0.2) is 40.5 Å². The Morgan fingerprint density at radius 3 is 2.24 bits per heavy atom. The van der Waals surface area contributed by atoms with Gasteiger partial charge < -0.3 is 20.3 Å². The lowest BCUT2D eigenvalue weighted by molar-refractivity contribution is -0.141. The summed E-state index contributed by atoms with van der Waals surface area (Å²) in [5.41, 5.74) is 2.75. The molecule has 1 aliphatic carbocycles. The molecule has 2 atom stereocenters. The first-order chi connectivity index (χ1) is 19.3. The first-order valence-corrected chi connectivity index (χ1v) is 14.5. The van der Waals surface area contributed by atoms with Crippen LogP contribution >= 0.6 is 0 Å². The van der Waals surface area contributed by atoms with Gasteiger partial charge in [-0.2, -0.15) is 0 Å². The zero-order chi connectivity index (χ0) is 29.9. The number of aryl methyl sites for hydroxylation is 2. The number of anilines is 1. The van der Waals surface area contributed by atoms with E-state index in [2.05, 4.69) is 10.6 Å². The maximum atomic E-state index is 14.4. The number of alkyl carbamates (subject to hydrolysis) is 1. The van der Waals surface area contributed by atoms with Crippen molar-refractivity contribution < 1.29 is 19.1 Å². The monoisotopic (exact) mass is 557 g/mol. The Bertz CT molecular complexity index is 1420. The van der Waals surface area contributed by atoms with Gasteiger partial charge in [0.25, 0.3) is 5.91 Å². The summed E-state index contributed by atoms with van der Waals surface area (Å²) >= 11 is 0. The van der Waals surface area contributed by atoms with Gasteiger partial charge in [-0.25, -0.2) is 4.79 Å². The van der Waals surface area contributed by atoms with Gasteiger partial charge in [-0.3, -0.25) is 9.59 Å². The van der Waals surface area contributed by atoms with Crippen LogP contribution in [0.2, 0.25) is 0 Å². The van der Waals surface area contributed by atoms with E-state index in [0.29, 0.717) is 12.1 Å². The fraction of sp³-hybridized carbons (Fsp3) is 0.441. The number of carbonyl (C=O) groups is 3. The number of hydrogen-bond acceptors (Lipinski definition) is 4. The molecule has 2 N–H and O–H groups in total. The molecule has 0 aliphatic heterocycles. The molecule has 0 radical (unpaired) electrons. The van der Waals surface area contributed by atoms with Crippen LogP contribution in [0.5, 0.6) is 0 Å². The van der Waals surface area contributed by atoms with E-state index in [-0.39, 0.29) is 23.8 Å². The van der Waals surface area contributed by atoms with Gasteiger partial charge in [0.2, 0.25) is 5.91 Å². The zero-order valence-electron chi connectivity index (χ0n) is 25.3. The summed E-state index contributed by atoms with van der Waals surface area (Å²) in [7, 11) is 0. The third-order valence-corrected chi connectivity index (χ3v) is 7.15. The van der Waals surface area contributed by atoms with Crippen molar-refractivity contribution >= 4 is 34.4 Å². The van der Waals surface area contributed by atoms with Crippen molar-refractivity contribution in [3.05, 3.63) is 77.4 Å². The molecular formula is C34H43N3O4. The molecule has 0 heterocycles. The molecule has 0 saturated heterocycles. The number of nitrogens with one attached hydrogen (secondary N) is 2. The molecule has 2 unspecified atom stereocenters. The predicted octanol–water partition coefficient (Wildman–Crippen LogP) is 7.07. The fourth-order valence-electron chi connectivity index (χ4n) is 5.22. The maximum absolute atomic E-state index is 14.4. The number of nitrogens with zero attached hydrogens (tertiary/aromatic N) is 1. The Labute approximate surface area is 243 Å². The SMILES string of the molecule is Cc1ccc(C(C(=O)Nc2ccc3ccccc3c2)N(C(=O)C(CC(C)C)NC(=O)OC(C)(C)C)C2CC2)c(C)c1. The highest BCUT2D eigenvalue weighted by Crippen LogP contribution is 2.38. The van der Waals surface area contributed by atoms with E-state index in [1.807, 2.05) is 88.4 Å². The fourth-order valence-corrected chi connectivity index (χ4v) is 5.22. The minimum Gasteiger partial charge on any atom is -0.444 e. The highest BCUT2D eigenvalue weighted by molar-refractivity contribution is 6.00. The van der Waals surface area contributed by atoms with E-state index in [1.54, 1.807) is 25.7 Å². The Balaban J connectivity index is 1.72. The number of amides is 3. The van der Waals surface area contributed by atoms with Gasteiger partial charge in [-0.1, -0.05) is 67.9 Å². The lowest BCUT2D eigenvalue weighted by atomic mass is 9.95. The maximum Gasteiger partial charge on any atom is 0.408 e. The van der Waals surface area contributed by atoms with Gasteiger partial charge in [0.15, 0.2) is 0 Å². The molecule has 7 nitrogen and oxygen atoms in total. The predicted molar refractivity (Wildman–Crippen MR) is 164 cm³/mol. The molecule has 1 fully saturated rings. The molecule has 218 valence electrons. The van der Waals surface area contributed by atoms with Crippen molar-refractivity contribution in [2.24, 2.45) is 5.92 Å². The molecule has 3 aromatic carbocycles. The lowest BCUT2D eigenvalue weighted by Crippen LogP contribution is -2.53. The smallest absolute Gasteiger partial charge is 0.408 e. The molecule has 0 bridgehead atoms. The van der Waals surface area contributed by atoms with Gasteiger partial charge in [0.05, 0.1) is 0 Å². The van der Waals surface area contributed by atoms with E-state index in [4.69, 9.17) is 4.74 Å². The van der Waals surface area contributed by atoms with Crippen LogP contribution in [0.1, 0.15) is 76.6 Å². The molecule has 3 aromatic rings. The van der Waals surface area contributed by atoms with Crippen LogP contribution in [0.3, 0.4) is 0 Å². The van der Waals surface area contributed by atoms with E-state index in [9.17, 15) is 14.4 Å². The summed E-state index contributed by atoms with van der Waals surface area (Å²) in [5.74, 6) is -0.426. The summed E-state index contributed by atoms with van der Waals surface area (Å²) in [6, 6.07) is 17.9. The second-order valence-corrected chi connectivity index (χ2v) is 12.6. The van der Waals surface area contributed by atoms with Crippen LogP contribution in [-0.2, 0) is 14.3 Å². The summed E-state index contributed by atoms with van der Waals surface area (Å²) in [6.07, 6.45) is 1.39. The summed E-state index contributed by atoms with van der Waals surface area (Å²) < 4.78 is 5.49. The highest BCUT2D eigenvalue weighted by atomic mass is 16.6. The first kappa shape index (κ1) is 30.1. The number of ether oxygens (including phenoxy) is 1. The molecule has 3 amide bonds. The van der Waals surface area contributed by atoms with Crippen molar-refractivity contribution in [2.75, 3.05) is 5.32 Å². The molecule has 0 aromatic heterocycles. The van der Waals surface area contributed by atoms with Crippen LogP contribution in [0.15, 0.2) is 60.7 Å². The Morgan fingerprint density at radius 2 is 1.63 bits per heavy atom. The Morgan fingerprint density at radius 1 is 0.951 bits per heavy atom. The molecule has 41 heavy (non-hydrogen) atoms. The normalized spacial score (nSPS) is 14.8. The first-order valence-electron chi connectivity index (χ1n) is 14.5. The third kappa shape index (κ3) is 7.87. The van der Waals surface area contributed by atoms with Crippen LogP contribution in [0.4, 0.5) is 10.5 Å². The molecule has 1 saturated carbocycles. The quantitative estimate of drug-likeness (QED) is 0.295. The number of benzene rings is 3. The summed E-state index contributed by atoms with van der Waals surface area (Å²) in [5, 5.41) is 8.02. The Kier molecular flexibility index (Phi) is 9.05. The van der Waals surface area contributed by atoms with Gasteiger partial charge in [-0.15, -0.1) is 0 Å². The lowest BCUT2D eigenvalue weighted by Gasteiger charge is -2.35. The van der Waals surface area contributed by atoms with Crippen LogP contribution in [0.25, 0.3) is 10.8 Å². The molecule has 7 heteroatoms. The minimum absolute atomic E-state index is 0.0920. The third-order valence-electron chi connectivity index (χ3n) is 7.15. The summed E-state index contributed by atoms with van der Waals surface area (Å²) in [4.78, 5) is 43.1. The topological polar surface area (TPSA) is 87.7 Å². The molecular weight excluding hydrogens is 514 g/mol. The Hall–Kier alpha value is -3.87. The van der Waals surface area contributed by atoms with E-state index in [0.717, 1.165) is 40.3 Å².